The van der Waals surface area contributed by atoms with Crippen molar-refractivity contribution in [1.82, 2.24) is 15.3 Å². The number of nitrogens with two attached hydrogens (primary N) is 2. The fourth-order valence-electron chi connectivity index (χ4n) is 4.54. The Morgan fingerprint density at radius 3 is 2.74 bits per heavy atom. The van der Waals surface area contributed by atoms with Gasteiger partial charge in [0.1, 0.15) is 0 Å². The molecule has 0 spiro atoms. The van der Waals surface area contributed by atoms with Crippen molar-refractivity contribution in [3.63, 3.8) is 0 Å². The molecule has 184 valence electrons. The lowest BCUT2D eigenvalue weighted by molar-refractivity contribution is 0.102. The number of benzene rings is 1. The van der Waals surface area contributed by atoms with Crippen LogP contribution in [0.5, 0.6) is 0 Å². The minimum Gasteiger partial charge on any atom is -0.453 e. The van der Waals surface area contributed by atoms with Crippen LogP contribution in [-0.4, -0.2) is 54.3 Å². The predicted octanol–water partition coefficient (Wildman–Crippen LogP) is 2.53. The summed E-state index contributed by atoms with van der Waals surface area (Å²) in [4.78, 5) is 35.7. The summed E-state index contributed by atoms with van der Waals surface area (Å²) >= 11 is 0. The minimum absolute atomic E-state index is 0.0418. The van der Waals surface area contributed by atoms with Crippen LogP contribution in [0.3, 0.4) is 0 Å². The number of hydrogen-bond donors (Lipinski definition) is 4. The quantitative estimate of drug-likeness (QED) is 0.438. The van der Waals surface area contributed by atoms with E-state index in [9.17, 15) is 9.59 Å². The highest BCUT2D eigenvalue weighted by Gasteiger charge is 2.34. The number of piperidine rings is 1. The van der Waals surface area contributed by atoms with E-state index in [2.05, 4.69) is 32.4 Å². The number of ether oxygens (including phenoxy) is 1. The molecule has 10 heteroatoms. The number of pyridine rings is 2. The van der Waals surface area contributed by atoms with Gasteiger partial charge in [0, 0.05) is 30.7 Å². The molecule has 1 aliphatic rings. The zero-order valence-electron chi connectivity index (χ0n) is 20.1. The molecule has 0 aliphatic carbocycles. The van der Waals surface area contributed by atoms with Crippen molar-refractivity contribution in [2.45, 2.75) is 32.4 Å². The molecule has 3 heterocycles. The standard InChI is InChI=1S/C25H31N7O3/c1-4-15-5-6-16-10-17(26)23(29-19(16)9-15)24(33)30-20-11-28-8-7-21(20)32-12-14(2)22(18(27)13-32)31-25(34)35-3/h5-11,14,18,22H,4,12-13,26-27H2,1-3H3,(H,30,33)(H,31,34)/t14?,18-,22+/m1/s1. The van der Waals surface area contributed by atoms with E-state index in [1.54, 1.807) is 18.5 Å². The summed E-state index contributed by atoms with van der Waals surface area (Å²) in [5.41, 5.74) is 16.2. The number of methoxy groups -OCH3 is 1. The van der Waals surface area contributed by atoms with Crippen molar-refractivity contribution in [3.05, 3.63) is 54.0 Å². The molecule has 0 bridgehead atoms. The fourth-order valence-corrected chi connectivity index (χ4v) is 4.54. The normalized spacial score (nSPS) is 19.9. The van der Waals surface area contributed by atoms with Gasteiger partial charge in [-0.1, -0.05) is 26.0 Å². The molecule has 0 radical (unpaired) electrons. The average Bonchev–Trinajstić information content (AvgIpc) is 2.85. The summed E-state index contributed by atoms with van der Waals surface area (Å²) in [6.45, 7) is 5.17. The van der Waals surface area contributed by atoms with Gasteiger partial charge >= 0.3 is 6.09 Å². The molecule has 35 heavy (non-hydrogen) atoms. The zero-order chi connectivity index (χ0) is 25.1. The molecule has 0 saturated carbocycles. The van der Waals surface area contributed by atoms with Gasteiger partial charge < -0.3 is 31.7 Å². The number of nitrogens with zero attached hydrogens (tertiary/aromatic N) is 3. The first-order valence-electron chi connectivity index (χ1n) is 11.6. The summed E-state index contributed by atoms with van der Waals surface area (Å²) in [6, 6.07) is 8.99. The van der Waals surface area contributed by atoms with Crippen LogP contribution in [0.2, 0.25) is 0 Å². The lowest BCUT2D eigenvalue weighted by Gasteiger charge is -2.42. The maximum Gasteiger partial charge on any atom is 0.407 e. The van der Waals surface area contributed by atoms with Crippen LogP contribution in [0, 0.1) is 5.92 Å². The highest BCUT2D eigenvalue weighted by atomic mass is 16.5. The average molecular weight is 478 g/mol. The first-order chi connectivity index (χ1) is 16.8. The number of aromatic nitrogens is 2. The Labute approximate surface area is 204 Å². The fraction of sp³-hybridized carbons (Fsp3) is 0.360. The van der Waals surface area contributed by atoms with Crippen molar-refractivity contribution in [1.29, 1.82) is 0 Å². The van der Waals surface area contributed by atoms with Gasteiger partial charge in [0.15, 0.2) is 5.69 Å². The Balaban J connectivity index is 1.57. The number of anilines is 3. The molecule has 6 N–H and O–H groups in total. The van der Waals surface area contributed by atoms with Crippen LogP contribution in [0.15, 0.2) is 42.7 Å². The molecule has 2 amide bonds. The summed E-state index contributed by atoms with van der Waals surface area (Å²) in [5.74, 6) is -0.375. The van der Waals surface area contributed by atoms with Crippen LogP contribution >= 0.6 is 0 Å². The molecule has 1 fully saturated rings. The monoisotopic (exact) mass is 477 g/mol. The van der Waals surface area contributed by atoms with E-state index < -0.39 is 12.0 Å². The Kier molecular flexibility index (Phi) is 7.02. The molecule has 3 atom stereocenters. The number of nitrogens with one attached hydrogen (secondary N) is 2. The van der Waals surface area contributed by atoms with Gasteiger partial charge in [-0.2, -0.15) is 0 Å². The third kappa shape index (κ3) is 5.12. The minimum atomic E-state index is -0.505. The Morgan fingerprint density at radius 2 is 2.03 bits per heavy atom. The second-order valence-electron chi connectivity index (χ2n) is 8.86. The Hall–Kier alpha value is -3.92. The van der Waals surface area contributed by atoms with Crippen molar-refractivity contribution >= 4 is 40.0 Å². The molecule has 2 aromatic heterocycles. The Morgan fingerprint density at radius 1 is 1.23 bits per heavy atom. The van der Waals surface area contributed by atoms with Gasteiger partial charge in [-0.25, -0.2) is 9.78 Å². The summed E-state index contributed by atoms with van der Waals surface area (Å²) in [6.07, 6.45) is 3.62. The van der Waals surface area contributed by atoms with E-state index in [1.807, 2.05) is 31.2 Å². The van der Waals surface area contributed by atoms with E-state index in [0.717, 1.165) is 28.6 Å². The lowest BCUT2D eigenvalue weighted by atomic mass is 9.90. The van der Waals surface area contributed by atoms with Crippen molar-refractivity contribution in [2.75, 3.05) is 36.1 Å². The van der Waals surface area contributed by atoms with E-state index >= 15 is 0 Å². The molecule has 4 rings (SSSR count). The number of carbonyl (C=O) groups is 2. The Bertz CT molecular complexity index is 1240. The number of hydrogen-bond acceptors (Lipinski definition) is 8. The van der Waals surface area contributed by atoms with Crippen molar-refractivity contribution in [2.24, 2.45) is 11.7 Å². The van der Waals surface area contributed by atoms with Crippen molar-refractivity contribution < 1.29 is 14.3 Å². The number of rotatable bonds is 5. The largest absolute Gasteiger partial charge is 0.453 e. The van der Waals surface area contributed by atoms with Crippen LogP contribution in [-0.2, 0) is 11.2 Å². The number of carbonyl (C=O) groups excluding carboxylic acids is 2. The molecule has 1 unspecified atom stereocenters. The molecular weight excluding hydrogens is 446 g/mol. The number of nitrogen functional groups attached to an aromatic ring is 1. The maximum atomic E-state index is 13.2. The maximum absolute atomic E-state index is 13.2. The van der Waals surface area contributed by atoms with Crippen molar-refractivity contribution in [3.8, 4) is 0 Å². The third-order valence-corrected chi connectivity index (χ3v) is 6.41. The SMILES string of the molecule is CCc1ccc2cc(N)c(C(=O)Nc3cnccc3N3CC(C)[C@H](NC(=O)OC)[C@H](N)C3)nc2c1. The summed E-state index contributed by atoms with van der Waals surface area (Å²) in [5, 5.41) is 6.62. The first kappa shape index (κ1) is 24.2. The van der Waals surface area contributed by atoms with Gasteiger partial charge in [-0.15, -0.1) is 0 Å². The number of alkyl carbamates (subject to hydrolysis) is 1. The first-order valence-corrected chi connectivity index (χ1v) is 11.6. The third-order valence-electron chi connectivity index (χ3n) is 6.41. The molecule has 1 saturated heterocycles. The second kappa shape index (κ2) is 10.1. The topological polar surface area (TPSA) is 148 Å². The predicted molar refractivity (Wildman–Crippen MR) is 136 cm³/mol. The molecule has 10 nitrogen and oxygen atoms in total. The number of amides is 2. The van der Waals surface area contributed by atoms with Crippen LogP contribution in [0.25, 0.3) is 10.9 Å². The van der Waals surface area contributed by atoms with Gasteiger partial charge in [0.2, 0.25) is 0 Å². The highest BCUT2D eigenvalue weighted by molar-refractivity contribution is 6.09. The van der Waals surface area contributed by atoms with Crippen LogP contribution < -0.4 is 27.0 Å². The smallest absolute Gasteiger partial charge is 0.407 e. The summed E-state index contributed by atoms with van der Waals surface area (Å²) in [7, 11) is 1.33. The second-order valence-corrected chi connectivity index (χ2v) is 8.86. The zero-order valence-corrected chi connectivity index (χ0v) is 20.1. The van der Waals surface area contributed by atoms with Crippen LogP contribution in [0.1, 0.15) is 29.9 Å². The van der Waals surface area contributed by atoms with Gasteiger partial charge in [0.05, 0.1) is 41.9 Å². The molecule has 1 aliphatic heterocycles. The van der Waals surface area contributed by atoms with E-state index in [-0.39, 0.29) is 23.7 Å². The van der Waals surface area contributed by atoms with Gasteiger partial charge in [-0.3, -0.25) is 9.78 Å². The molecule has 1 aromatic carbocycles. The number of aryl methyl sites for hydroxylation is 1. The van der Waals surface area contributed by atoms with E-state index in [4.69, 9.17) is 16.2 Å². The van der Waals surface area contributed by atoms with Gasteiger partial charge in [0.25, 0.3) is 5.91 Å². The lowest BCUT2D eigenvalue weighted by Crippen LogP contribution is -2.62. The van der Waals surface area contributed by atoms with E-state index in [0.29, 0.717) is 24.5 Å². The van der Waals surface area contributed by atoms with E-state index in [1.165, 1.54) is 7.11 Å². The van der Waals surface area contributed by atoms with Crippen LogP contribution in [0.4, 0.5) is 21.9 Å². The highest BCUT2D eigenvalue weighted by Crippen LogP contribution is 2.30. The van der Waals surface area contributed by atoms with Gasteiger partial charge in [-0.05, 0) is 36.1 Å². The summed E-state index contributed by atoms with van der Waals surface area (Å²) < 4.78 is 4.72. The number of fused-ring (bicyclic) bond motifs is 1. The molecular formula is C25H31N7O3. The molecule has 3 aromatic rings.